The number of rotatable bonds is 4. The number of anilines is 2. The summed E-state index contributed by atoms with van der Waals surface area (Å²) in [5.41, 5.74) is 1.49. The molecule has 7 nitrogen and oxygen atoms in total. The Hall–Kier alpha value is -1.80. The number of carbonyl (C=O) groups is 1. The van der Waals surface area contributed by atoms with E-state index in [1.165, 1.54) is 0 Å². The second-order valence-corrected chi connectivity index (χ2v) is 5.25. The number of benzene rings is 1. The van der Waals surface area contributed by atoms with Crippen molar-refractivity contribution in [1.29, 1.82) is 0 Å². The van der Waals surface area contributed by atoms with Crippen LogP contribution >= 0.6 is 0 Å². The van der Waals surface area contributed by atoms with Crippen molar-refractivity contribution in [3.8, 4) is 0 Å². The van der Waals surface area contributed by atoms with Gasteiger partial charge >= 0.3 is 6.03 Å². The number of amides is 2. The lowest BCUT2D eigenvalue weighted by atomic mass is 10.2. The van der Waals surface area contributed by atoms with E-state index in [0.29, 0.717) is 5.69 Å². The topological polar surface area (TPSA) is 98.7 Å². The molecule has 0 saturated heterocycles. The predicted octanol–water partition coefficient (Wildman–Crippen LogP) is 0.719. The van der Waals surface area contributed by atoms with Crippen LogP contribution in [0, 0.1) is 0 Å². The van der Waals surface area contributed by atoms with E-state index in [1.54, 1.807) is 24.3 Å². The van der Waals surface area contributed by atoms with Gasteiger partial charge in [0.2, 0.25) is 0 Å². The Labute approximate surface area is 106 Å². The summed E-state index contributed by atoms with van der Waals surface area (Å²) in [4.78, 5) is 13.2. The number of urea groups is 1. The fraction of sp³-hybridized carbons (Fsp3) is 0.300. The minimum absolute atomic E-state index is 0.522. The maximum Gasteiger partial charge on any atom is 0.320 e. The summed E-state index contributed by atoms with van der Waals surface area (Å²) in [6.45, 7) is 0. The van der Waals surface area contributed by atoms with E-state index >= 15 is 0 Å². The van der Waals surface area contributed by atoms with Crippen LogP contribution < -0.4 is 15.5 Å². The quantitative estimate of drug-likeness (QED) is 0.702. The van der Waals surface area contributed by atoms with E-state index in [1.807, 2.05) is 24.3 Å². The van der Waals surface area contributed by atoms with Crippen molar-refractivity contribution in [2.75, 3.05) is 30.2 Å². The highest BCUT2D eigenvalue weighted by molar-refractivity contribution is 7.85. The van der Waals surface area contributed by atoms with Gasteiger partial charge in [0, 0.05) is 25.5 Å². The molecule has 8 heteroatoms. The number of hydrogen-bond donors (Lipinski definition) is 3. The summed E-state index contributed by atoms with van der Waals surface area (Å²) >= 11 is 0. The van der Waals surface area contributed by atoms with Crippen LogP contribution in [0.15, 0.2) is 24.3 Å². The highest BCUT2D eigenvalue weighted by Gasteiger charge is 2.07. The summed E-state index contributed by atoms with van der Waals surface area (Å²) in [6, 6.07) is 6.27. The standard InChI is InChI=1S/C10H15N3O4S/c1-13(2)9-5-3-8(4-6-9)12-10(14)11-7-18(15,16)17/h3-6H,7H2,1-2H3,(H2,11,12,14)(H,15,16,17). The third kappa shape index (κ3) is 5.02. The molecule has 0 fully saturated rings. The lowest BCUT2D eigenvalue weighted by Crippen LogP contribution is -2.33. The molecule has 0 aliphatic heterocycles. The van der Waals surface area contributed by atoms with Crippen molar-refractivity contribution in [2.24, 2.45) is 0 Å². The van der Waals surface area contributed by atoms with Crippen LogP contribution in [-0.2, 0) is 10.1 Å². The molecular formula is C10H15N3O4S. The molecule has 1 aromatic carbocycles. The second-order valence-electron chi connectivity index (χ2n) is 3.80. The van der Waals surface area contributed by atoms with Gasteiger partial charge in [-0.1, -0.05) is 0 Å². The van der Waals surface area contributed by atoms with Gasteiger partial charge in [-0.2, -0.15) is 8.42 Å². The van der Waals surface area contributed by atoms with Gasteiger partial charge in [0.25, 0.3) is 10.1 Å². The molecule has 1 aromatic rings. The van der Waals surface area contributed by atoms with Crippen LogP contribution in [0.25, 0.3) is 0 Å². The number of hydrogen-bond acceptors (Lipinski definition) is 4. The van der Waals surface area contributed by atoms with E-state index in [0.717, 1.165) is 5.69 Å². The Morgan fingerprint density at radius 1 is 1.28 bits per heavy atom. The highest BCUT2D eigenvalue weighted by Crippen LogP contribution is 2.15. The first-order valence-electron chi connectivity index (χ1n) is 5.05. The first-order valence-corrected chi connectivity index (χ1v) is 6.66. The largest absolute Gasteiger partial charge is 0.378 e. The Morgan fingerprint density at radius 3 is 2.28 bits per heavy atom. The third-order valence-corrected chi connectivity index (χ3v) is 2.57. The summed E-state index contributed by atoms with van der Waals surface area (Å²) in [7, 11) is -0.428. The van der Waals surface area contributed by atoms with Crippen LogP contribution in [0.5, 0.6) is 0 Å². The van der Waals surface area contributed by atoms with E-state index in [4.69, 9.17) is 4.55 Å². The molecule has 0 aliphatic rings. The van der Waals surface area contributed by atoms with Gasteiger partial charge in [-0.15, -0.1) is 0 Å². The van der Waals surface area contributed by atoms with Crippen LogP contribution in [0.4, 0.5) is 16.2 Å². The summed E-state index contributed by atoms with van der Waals surface area (Å²) < 4.78 is 29.3. The summed E-state index contributed by atoms with van der Waals surface area (Å²) in [5, 5.41) is 4.45. The maximum atomic E-state index is 11.3. The molecular weight excluding hydrogens is 258 g/mol. The molecule has 2 amide bonds. The van der Waals surface area contributed by atoms with Crippen LogP contribution in [0.3, 0.4) is 0 Å². The van der Waals surface area contributed by atoms with E-state index in [9.17, 15) is 13.2 Å². The van der Waals surface area contributed by atoms with Crippen LogP contribution in [0.2, 0.25) is 0 Å². The smallest absolute Gasteiger partial charge is 0.320 e. The zero-order valence-corrected chi connectivity index (χ0v) is 10.9. The zero-order chi connectivity index (χ0) is 13.8. The van der Waals surface area contributed by atoms with E-state index in [2.05, 4.69) is 5.32 Å². The normalized spacial score (nSPS) is 10.8. The fourth-order valence-corrected chi connectivity index (χ4v) is 1.49. The molecule has 3 N–H and O–H groups in total. The lowest BCUT2D eigenvalue weighted by molar-refractivity contribution is 0.253. The molecule has 0 unspecified atom stereocenters. The van der Waals surface area contributed by atoms with Gasteiger partial charge in [-0.25, -0.2) is 4.79 Å². The van der Waals surface area contributed by atoms with Crippen molar-refractivity contribution in [3.05, 3.63) is 24.3 Å². The third-order valence-electron chi connectivity index (χ3n) is 2.06. The molecule has 0 heterocycles. The first-order chi connectivity index (χ1) is 8.28. The molecule has 0 bridgehead atoms. The van der Waals surface area contributed by atoms with E-state index in [-0.39, 0.29) is 0 Å². The van der Waals surface area contributed by atoms with E-state index < -0.39 is 22.0 Å². The van der Waals surface area contributed by atoms with Crippen molar-refractivity contribution in [1.82, 2.24) is 5.32 Å². The Kier molecular flexibility index (Phi) is 4.51. The molecule has 18 heavy (non-hydrogen) atoms. The second kappa shape index (κ2) is 5.69. The summed E-state index contributed by atoms with van der Waals surface area (Å²) in [5.74, 6) is -0.825. The molecule has 1 rings (SSSR count). The predicted molar refractivity (Wildman–Crippen MR) is 69.3 cm³/mol. The molecule has 0 spiro atoms. The zero-order valence-electron chi connectivity index (χ0n) is 10.0. The van der Waals surface area contributed by atoms with Gasteiger partial charge in [0.05, 0.1) is 0 Å². The minimum atomic E-state index is -4.21. The van der Waals surface area contributed by atoms with Crippen LogP contribution in [0.1, 0.15) is 0 Å². The lowest BCUT2D eigenvalue weighted by Gasteiger charge is -2.13. The Balaban J connectivity index is 2.55. The average Bonchev–Trinajstić information content (AvgIpc) is 2.26. The van der Waals surface area contributed by atoms with Crippen molar-refractivity contribution < 1.29 is 17.8 Å². The number of carbonyl (C=O) groups excluding carboxylic acids is 1. The van der Waals surface area contributed by atoms with Gasteiger partial charge in [-0.3, -0.25) is 4.55 Å². The molecule has 0 saturated carbocycles. The molecule has 0 atom stereocenters. The first kappa shape index (κ1) is 14.3. The maximum absolute atomic E-state index is 11.3. The highest BCUT2D eigenvalue weighted by atomic mass is 32.2. The van der Waals surface area contributed by atoms with Crippen molar-refractivity contribution in [3.63, 3.8) is 0 Å². The van der Waals surface area contributed by atoms with Gasteiger partial charge < -0.3 is 15.5 Å². The SMILES string of the molecule is CN(C)c1ccc(NC(=O)NCS(=O)(=O)O)cc1. The van der Waals surface area contributed by atoms with Crippen molar-refractivity contribution in [2.45, 2.75) is 0 Å². The monoisotopic (exact) mass is 273 g/mol. The molecule has 0 aliphatic carbocycles. The minimum Gasteiger partial charge on any atom is -0.378 e. The Bertz CT molecular complexity index is 510. The number of nitrogens with one attached hydrogen (secondary N) is 2. The fourth-order valence-electron chi connectivity index (χ4n) is 1.17. The molecule has 0 radical (unpaired) electrons. The molecule has 0 aromatic heterocycles. The van der Waals surface area contributed by atoms with Gasteiger partial charge in [0.1, 0.15) is 5.88 Å². The Morgan fingerprint density at radius 2 is 1.83 bits per heavy atom. The average molecular weight is 273 g/mol. The van der Waals surface area contributed by atoms with Crippen molar-refractivity contribution >= 4 is 27.5 Å². The summed E-state index contributed by atoms with van der Waals surface area (Å²) in [6.07, 6.45) is 0. The van der Waals surface area contributed by atoms with Gasteiger partial charge in [0.15, 0.2) is 0 Å². The van der Waals surface area contributed by atoms with Gasteiger partial charge in [-0.05, 0) is 24.3 Å². The van der Waals surface area contributed by atoms with Crippen LogP contribution in [-0.4, -0.2) is 39.0 Å². The molecule has 100 valence electrons. The number of nitrogens with zero attached hydrogens (tertiary/aromatic N) is 1.